The summed E-state index contributed by atoms with van der Waals surface area (Å²) in [4.78, 5) is 2.32. The number of benzene rings is 23. The van der Waals surface area contributed by atoms with Crippen molar-refractivity contribution >= 4 is 262 Å². The molecule has 0 saturated carbocycles. The zero-order valence-electron chi connectivity index (χ0n) is 76.1. The van der Waals surface area contributed by atoms with Gasteiger partial charge in [0.15, 0.2) is 0 Å². The van der Waals surface area contributed by atoms with Crippen LogP contribution in [0.25, 0.3) is 256 Å². The third-order valence-electron chi connectivity index (χ3n) is 29.1. The minimum Gasteiger partial charge on any atom is -0.317 e. The molecule has 0 bridgehead atoms. The first-order valence-corrected chi connectivity index (χ1v) is 51.3. The monoisotopic (exact) mass is 1860 g/mol. The summed E-state index contributed by atoms with van der Waals surface area (Å²) in [6.45, 7) is 0. The van der Waals surface area contributed by atoms with Gasteiger partial charge in [-0.2, -0.15) is 0 Å². The van der Waals surface area contributed by atoms with E-state index in [1.807, 2.05) is 45.3 Å². The highest BCUT2D eigenvalue weighted by atomic mass is 32.1. The van der Waals surface area contributed by atoms with Crippen LogP contribution in [0.5, 0.6) is 0 Å². The van der Waals surface area contributed by atoms with Gasteiger partial charge in [0.25, 0.3) is 0 Å². The van der Waals surface area contributed by atoms with Gasteiger partial charge in [-0.1, -0.05) is 273 Å². The van der Waals surface area contributed by atoms with Gasteiger partial charge in [-0.25, -0.2) is 0 Å². The molecule has 658 valence electrons. The Balaban J connectivity index is 0.000000102. The molecule has 9 heteroatoms. The van der Waals surface area contributed by atoms with E-state index in [1.54, 1.807) is 0 Å². The second kappa shape index (κ2) is 32.7. The molecule has 0 atom stereocenters. The molecule has 0 amide bonds. The zero-order valence-corrected chi connectivity index (χ0v) is 79.4. The molecule has 0 spiro atoms. The van der Waals surface area contributed by atoms with E-state index in [4.69, 9.17) is 0 Å². The summed E-state index contributed by atoms with van der Waals surface area (Å²) in [6.07, 6.45) is 6.60. The number of aromatic nitrogens is 4. The SMILES string of the molecule is c1ccc(-n2ccc3cc4c(cc(-c5ccc6c(c5)c5ccccc5n6-c5ccccc5)c5ccc6c7ccccc7sc6c54)cc32)cc1.c1ccc(-n2ccc3cc4c(cc(-c5cccc6c5sc5ccccc56)c5ccc6c7ccccc7sc6c54)cc32)cc1.c1ccc(N(c2ccccc2)c2ccc(-c3cc4cc5c(ccn5-c5ccccc5)cc4c4c3ccc3c5ccccc5sc34)cc2)cc1. The molecule has 0 saturated heterocycles. The van der Waals surface area contributed by atoms with E-state index in [0.29, 0.717) is 0 Å². The quantitative estimate of drug-likeness (QED) is 0.125. The predicted molar refractivity (Wildman–Crippen MR) is 612 cm³/mol. The molecule has 0 N–H and O–H groups in total. The summed E-state index contributed by atoms with van der Waals surface area (Å²) in [6, 6.07) is 173. The van der Waals surface area contributed by atoms with E-state index >= 15 is 0 Å². The fourth-order valence-corrected chi connectivity index (χ4v) is 27.7. The van der Waals surface area contributed by atoms with Crippen molar-refractivity contribution in [2.45, 2.75) is 0 Å². The molecular weight excluding hydrogens is 1780 g/mol. The van der Waals surface area contributed by atoms with Crippen molar-refractivity contribution < 1.29 is 0 Å². The van der Waals surface area contributed by atoms with Gasteiger partial charge < -0.3 is 23.2 Å². The lowest BCUT2D eigenvalue weighted by molar-refractivity contribution is 1.13. The fraction of sp³-hybridized carbons (Fsp3) is 0. The van der Waals surface area contributed by atoms with E-state index in [-0.39, 0.29) is 0 Å². The van der Waals surface area contributed by atoms with E-state index in [1.165, 1.54) is 256 Å². The highest BCUT2D eigenvalue weighted by Crippen LogP contribution is 2.53. The maximum absolute atomic E-state index is 2.44. The molecule has 0 radical (unpaired) electrons. The average Bonchev–Trinajstić information content (AvgIpc) is 1.63. The van der Waals surface area contributed by atoms with Gasteiger partial charge in [0.05, 0.1) is 27.6 Å². The number of anilines is 3. The maximum Gasteiger partial charge on any atom is 0.0541 e. The number of fused-ring (bicyclic) bond motifs is 30. The van der Waals surface area contributed by atoms with Crippen LogP contribution in [0.3, 0.4) is 0 Å². The van der Waals surface area contributed by atoms with Crippen LogP contribution in [0.2, 0.25) is 0 Å². The molecule has 8 heterocycles. The average molecular weight is 1870 g/mol. The van der Waals surface area contributed by atoms with Crippen LogP contribution in [0.4, 0.5) is 17.1 Å². The summed E-state index contributed by atoms with van der Waals surface area (Å²) < 4.78 is 20.1. The summed E-state index contributed by atoms with van der Waals surface area (Å²) in [7, 11) is 0. The Morgan fingerprint density at radius 3 is 0.915 bits per heavy atom. The summed E-state index contributed by atoms with van der Waals surface area (Å²) in [5, 5.41) is 32.6. The van der Waals surface area contributed by atoms with Crippen LogP contribution >= 0.6 is 45.3 Å². The summed E-state index contributed by atoms with van der Waals surface area (Å²) in [5.74, 6) is 0. The molecule has 31 aromatic rings. The van der Waals surface area contributed by atoms with Crippen molar-refractivity contribution in [2.24, 2.45) is 0 Å². The van der Waals surface area contributed by atoms with Crippen LogP contribution in [0.15, 0.2) is 492 Å². The maximum atomic E-state index is 2.44. The molecule has 23 aromatic carbocycles. The van der Waals surface area contributed by atoms with E-state index in [2.05, 4.69) is 515 Å². The van der Waals surface area contributed by atoms with Crippen molar-refractivity contribution in [3.05, 3.63) is 492 Å². The van der Waals surface area contributed by atoms with Gasteiger partial charge in [0.2, 0.25) is 0 Å². The van der Waals surface area contributed by atoms with Crippen LogP contribution in [0, 0.1) is 0 Å². The molecule has 141 heavy (non-hydrogen) atoms. The van der Waals surface area contributed by atoms with Gasteiger partial charge in [-0.05, 0) is 276 Å². The van der Waals surface area contributed by atoms with E-state index in [0.717, 1.165) is 17.1 Å². The first-order chi connectivity index (χ1) is 69.9. The van der Waals surface area contributed by atoms with Crippen molar-refractivity contribution in [3.8, 4) is 56.1 Å². The number of thiophene rings is 4. The standard InChI is InChI=1S/C46H28N2S.C46H30N2S.C40H23NS2/c1-3-11-32(12-4-1)47-24-23-30-26-39-31(28-43(30)47)27-38(36-20-21-37-35-16-8-10-18-44(35)49-46(37)45(36)39)29-19-22-42-40(25-29)34-15-7-9-17-41(34)48(42)33-13-5-2-6-14-33;1-4-12-34(13-5-1)47-27-26-32-28-42-33(30-43(32)47)29-41(39-24-25-40-38-18-10-11-19-44(38)49-46(40)45(39)42)31-20-22-37(23-21-31)48(35-14-6-2-7-15-35)36-16-8-3-9-17-36;1-2-9-26(10-3-1)41-20-19-24-21-33-25(23-35(24)41)22-34(31-14-8-13-30-27-11-4-6-15-36(27)42-39(30)31)29-17-18-32-28-12-5-7-16-37(28)43-40(32)38(29)33/h1-28H;1-30H;1-23H. The Morgan fingerprint density at radius 2 is 0.482 bits per heavy atom. The molecule has 5 nitrogen and oxygen atoms in total. The number of rotatable bonds is 10. The molecular formula is C132H81N5S4. The summed E-state index contributed by atoms with van der Waals surface area (Å²) in [5.41, 5.74) is 21.7. The lowest BCUT2D eigenvalue weighted by atomic mass is 9.91. The Hall–Kier alpha value is -17.3. The van der Waals surface area contributed by atoms with E-state index in [9.17, 15) is 0 Å². The van der Waals surface area contributed by atoms with Gasteiger partial charge in [0, 0.05) is 188 Å². The highest BCUT2D eigenvalue weighted by Gasteiger charge is 2.26. The third-order valence-corrected chi connectivity index (χ3v) is 33.9. The Kier molecular flexibility index (Phi) is 18.8. The van der Waals surface area contributed by atoms with Crippen molar-refractivity contribution in [1.29, 1.82) is 0 Å². The van der Waals surface area contributed by atoms with E-state index < -0.39 is 0 Å². The second-order valence-electron chi connectivity index (χ2n) is 36.9. The molecule has 0 aliphatic carbocycles. The lowest BCUT2D eigenvalue weighted by Crippen LogP contribution is -2.09. The van der Waals surface area contributed by atoms with Crippen LogP contribution in [0.1, 0.15) is 0 Å². The molecule has 31 rings (SSSR count). The van der Waals surface area contributed by atoms with Crippen LogP contribution < -0.4 is 4.90 Å². The van der Waals surface area contributed by atoms with Crippen molar-refractivity contribution in [2.75, 3.05) is 4.90 Å². The lowest BCUT2D eigenvalue weighted by Gasteiger charge is -2.25. The topological polar surface area (TPSA) is 23.0 Å². The second-order valence-corrected chi connectivity index (χ2v) is 41.1. The minimum absolute atomic E-state index is 1.13. The van der Waals surface area contributed by atoms with Gasteiger partial charge in [-0.15, -0.1) is 45.3 Å². The Morgan fingerprint density at radius 1 is 0.163 bits per heavy atom. The number of hydrogen-bond donors (Lipinski definition) is 0. The molecule has 0 fully saturated rings. The highest BCUT2D eigenvalue weighted by molar-refractivity contribution is 7.28. The third kappa shape index (κ3) is 13.2. The van der Waals surface area contributed by atoms with Gasteiger partial charge >= 0.3 is 0 Å². The predicted octanol–water partition coefficient (Wildman–Crippen LogP) is 38.9. The minimum atomic E-state index is 1.13. The molecule has 0 aliphatic heterocycles. The van der Waals surface area contributed by atoms with Gasteiger partial charge in [0.1, 0.15) is 0 Å². The van der Waals surface area contributed by atoms with Crippen molar-refractivity contribution in [1.82, 2.24) is 18.3 Å². The van der Waals surface area contributed by atoms with Crippen LogP contribution in [-0.4, -0.2) is 18.3 Å². The first kappa shape index (κ1) is 80.9. The molecule has 0 unspecified atom stereocenters. The normalized spacial score (nSPS) is 12.0. The Labute approximate surface area is 826 Å². The smallest absolute Gasteiger partial charge is 0.0541 e. The fourth-order valence-electron chi connectivity index (χ4n) is 22.6. The Bertz CT molecular complexity index is 10500. The number of hydrogen-bond acceptors (Lipinski definition) is 5. The van der Waals surface area contributed by atoms with Gasteiger partial charge in [-0.3, -0.25) is 0 Å². The zero-order chi connectivity index (χ0) is 92.4. The number of nitrogens with zero attached hydrogens (tertiary/aromatic N) is 5. The number of para-hydroxylation sites is 7. The van der Waals surface area contributed by atoms with Crippen molar-refractivity contribution in [3.63, 3.8) is 0 Å². The molecule has 8 aromatic heterocycles. The molecule has 0 aliphatic rings. The van der Waals surface area contributed by atoms with Crippen LogP contribution in [-0.2, 0) is 0 Å². The summed E-state index contributed by atoms with van der Waals surface area (Å²) >= 11 is 7.65. The largest absolute Gasteiger partial charge is 0.317 e. The first-order valence-electron chi connectivity index (χ1n) is 48.0.